The minimum absolute atomic E-state index is 0.565. The van der Waals surface area contributed by atoms with Crippen molar-refractivity contribution in [1.29, 1.82) is 0 Å². The largest absolute Gasteiger partial charge is 0.508 e. The molecule has 0 unspecified atom stereocenters. The smallest absolute Gasteiger partial charge is 0.119 e. The fourth-order valence-electron chi connectivity index (χ4n) is 5.70. The molecule has 1 rings (SSSR count). The van der Waals surface area contributed by atoms with Gasteiger partial charge in [0.05, 0.1) is 0 Å². The van der Waals surface area contributed by atoms with Crippen molar-refractivity contribution in [3.8, 4) is 5.75 Å². The first-order chi connectivity index (χ1) is 17.7. The van der Waals surface area contributed by atoms with Gasteiger partial charge in [-0.15, -0.1) is 0 Å². The van der Waals surface area contributed by atoms with E-state index in [4.69, 9.17) is 0 Å². The molecule has 1 heteroatoms. The highest BCUT2D eigenvalue weighted by Gasteiger charge is 2.13. The van der Waals surface area contributed by atoms with Crippen LogP contribution in [-0.4, -0.2) is 5.11 Å². The van der Waals surface area contributed by atoms with Crippen LogP contribution < -0.4 is 0 Å². The van der Waals surface area contributed by atoms with E-state index in [-0.39, 0.29) is 0 Å². The van der Waals surface area contributed by atoms with Gasteiger partial charge in [-0.05, 0) is 61.3 Å². The minimum atomic E-state index is 0.565. The van der Waals surface area contributed by atoms with Crippen molar-refractivity contribution in [2.24, 2.45) is 0 Å². The molecule has 0 amide bonds. The molecule has 0 aliphatic carbocycles. The Hall–Kier alpha value is -0.980. The van der Waals surface area contributed by atoms with E-state index in [1.54, 1.807) is 5.56 Å². The van der Waals surface area contributed by atoms with Crippen molar-refractivity contribution < 1.29 is 5.11 Å². The normalized spacial score (nSPS) is 11.4. The lowest BCUT2D eigenvalue weighted by Gasteiger charge is -2.17. The molecule has 210 valence electrons. The number of phenols is 1. The summed E-state index contributed by atoms with van der Waals surface area (Å²) in [5.41, 5.74) is 4.36. The molecule has 0 heterocycles. The van der Waals surface area contributed by atoms with Crippen molar-refractivity contribution in [3.63, 3.8) is 0 Å². The van der Waals surface area contributed by atoms with Crippen LogP contribution in [0.1, 0.15) is 185 Å². The Kier molecular flexibility index (Phi) is 22.4. The van der Waals surface area contributed by atoms with Gasteiger partial charge in [0.2, 0.25) is 0 Å². The van der Waals surface area contributed by atoms with Gasteiger partial charge in [-0.2, -0.15) is 0 Å². The molecule has 0 saturated carbocycles. The van der Waals surface area contributed by atoms with Gasteiger partial charge in [-0.25, -0.2) is 0 Å². The third-order valence-corrected chi connectivity index (χ3v) is 8.11. The van der Waals surface area contributed by atoms with E-state index in [1.165, 1.54) is 172 Å². The standard InChI is InChI=1S/C35H64O/c1-4-7-10-13-16-19-21-24-27-32-30-31-35(36)34(29-26-23-18-15-12-9-6-3)33(32)28-25-22-20-17-14-11-8-5-2/h30-31,36H,4-29H2,1-3H3. The monoisotopic (exact) mass is 500 g/mol. The molecule has 0 aromatic heterocycles. The van der Waals surface area contributed by atoms with Crippen LogP contribution in [0.5, 0.6) is 5.75 Å². The van der Waals surface area contributed by atoms with Gasteiger partial charge in [0.1, 0.15) is 5.75 Å². The van der Waals surface area contributed by atoms with Crippen LogP contribution in [0, 0.1) is 0 Å². The minimum Gasteiger partial charge on any atom is -0.508 e. The fourth-order valence-corrected chi connectivity index (χ4v) is 5.70. The van der Waals surface area contributed by atoms with E-state index in [9.17, 15) is 5.11 Å². The van der Waals surface area contributed by atoms with Crippen molar-refractivity contribution >= 4 is 0 Å². The topological polar surface area (TPSA) is 20.2 Å². The molecule has 0 bridgehead atoms. The van der Waals surface area contributed by atoms with E-state index in [0.29, 0.717) is 5.75 Å². The van der Waals surface area contributed by atoms with E-state index in [2.05, 4.69) is 26.8 Å². The Morgan fingerprint density at radius 3 is 1.14 bits per heavy atom. The Morgan fingerprint density at radius 1 is 0.389 bits per heavy atom. The summed E-state index contributed by atoms with van der Waals surface area (Å²) in [6.07, 6.45) is 34.8. The molecule has 1 N–H and O–H groups in total. The molecule has 0 radical (unpaired) electrons. The zero-order valence-corrected chi connectivity index (χ0v) is 25.0. The summed E-state index contributed by atoms with van der Waals surface area (Å²) in [4.78, 5) is 0. The maximum Gasteiger partial charge on any atom is 0.119 e. The average molecular weight is 501 g/mol. The number of unbranched alkanes of at least 4 members (excludes halogenated alkanes) is 20. The average Bonchev–Trinajstić information content (AvgIpc) is 2.88. The van der Waals surface area contributed by atoms with Crippen molar-refractivity contribution in [2.45, 2.75) is 188 Å². The predicted octanol–water partition coefficient (Wildman–Crippen LogP) is 12.1. The van der Waals surface area contributed by atoms with E-state index in [0.717, 1.165) is 6.42 Å². The van der Waals surface area contributed by atoms with Gasteiger partial charge in [-0.1, -0.05) is 155 Å². The lowest BCUT2D eigenvalue weighted by Crippen LogP contribution is -2.03. The molecule has 36 heavy (non-hydrogen) atoms. The van der Waals surface area contributed by atoms with Gasteiger partial charge >= 0.3 is 0 Å². The Bertz CT molecular complexity index is 605. The Balaban J connectivity index is 2.58. The second-order valence-corrected chi connectivity index (χ2v) is 11.5. The Morgan fingerprint density at radius 2 is 0.722 bits per heavy atom. The van der Waals surface area contributed by atoms with Crippen LogP contribution >= 0.6 is 0 Å². The van der Waals surface area contributed by atoms with E-state index >= 15 is 0 Å². The summed E-state index contributed by atoms with van der Waals surface area (Å²) in [7, 11) is 0. The number of rotatable bonds is 26. The number of hydrogen-bond acceptors (Lipinski definition) is 1. The molecule has 0 aliphatic rings. The van der Waals surface area contributed by atoms with Crippen LogP contribution in [-0.2, 0) is 19.3 Å². The summed E-state index contributed by atoms with van der Waals surface area (Å²) in [5.74, 6) is 0.565. The van der Waals surface area contributed by atoms with Crippen LogP contribution in [0.15, 0.2) is 12.1 Å². The molecule has 0 atom stereocenters. The maximum absolute atomic E-state index is 10.8. The molecular weight excluding hydrogens is 436 g/mol. The highest BCUT2D eigenvalue weighted by atomic mass is 16.3. The van der Waals surface area contributed by atoms with Gasteiger partial charge in [0.15, 0.2) is 0 Å². The first-order valence-corrected chi connectivity index (χ1v) is 16.6. The molecule has 0 spiro atoms. The van der Waals surface area contributed by atoms with Crippen LogP contribution in [0.3, 0.4) is 0 Å². The first-order valence-electron chi connectivity index (χ1n) is 16.6. The predicted molar refractivity (Wildman–Crippen MR) is 162 cm³/mol. The van der Waals surface area contributed by atoms with Crippen molar-refractivity contribution in [2.75, 3.05) is 0 Å². The summed E-state index contributed by atoms with van der Waals surface area (Å²) >= 11 is 0. The van der Waals surface area contributed by atoms with Crippen LogP contribution in [0.2, 0.25) is 0 Å². The molecule has 1 nitrogen and oxygen atoms in total. The van der Waals surface area contributed by atoms with Gasteiger partial charge in [-0.3, -0.25) is 0 Å². The highest BCUT2D eigenvalue weighted by Crippen LogP contribution is 2.30. The third-order valence-electron chi connectivity index (χ3n) is 8.11. The lowest BCUT2D eigenvalue weighted by molar-refractivity contribution is 0.463. The second-order valence-electron chi connectivity index (χ2n) is 11.5. The molecular formula is C35H64O. The summed E-state index contributed by atoms with van der Waals surface area (Å²) in [6.45, 7) is 6.88. The van der Waals surface area contributed by atoms with Crippen LogP contribution in [0.4, 0.5) is 0 Å². The van der Waals surface area contributed by atoms with Gasteiger partial charge in [0.25, 0.3) is 0 Å². The molecule has 1 aromatic rings. The zero-order valence-electron chi connectivity index (χ0n) is 25.0. The lowest BCUT2D eigenvalue weighted by atomic mass is 9.89. The SMILES string of the molecule is CCCCCCCCCCc1ccc(O)c(CCCCCCCCC)c1CCCCCCCCCC. The van der Waals surface area contributed by atoms with Crippen LogP contribution in [0.25, 0.3) is 0 Å². The quantitative estimate of drug-likeness (QED) is 0.125. The van der Waals surface area contributed by atoms with Gasteiger partial charge < -0.3 is 5.11 Å². The summed E-state index contributed by atoms with van der Waals surface area (Å²) < 4.78 is 0. The second kappa shape index (κ2) is 24.4. The summed E-state index contributed by atoms with van der Waals surface area (Å²) in [6, 6.07) is 4.26. The maximum atomic E-state index is 10.8. The molecule has 0 saturated heterocycles. The number of phenolic OH excluding ortho intramolecular Hbond substituents is 1. The van der Waals surface area contributed by atoms with Gasteiger partial charge in [0, 0.05) is 0 Å². The van der Waals surface area contributed by atoms with Crippen molar-refractivity contribution in [3.05, 3.63) is 28.8 Å². The summed E-state index contributed by atoms with van der Waals surface area (Å²) in [5, 5.41) is 10.8. The molecule has 0 aliphatic heterocycles. The number of hydrogen-bond donors (Lipinski definition) is 1. The fraction of sp³-hybridized carbons (Fsp3) is 0.829. The number of aromatic hydroxyl groups is 1. The van der Waals surface area contributed by atoms with Crippen molar-refractivity contribution in [1.82, 2.24) is 0 Å². The highest BCUT2D eigenvalue weighted by molar-refractivity contribution is 5.45. The number of benzene rings is 1. The third kappa shape index (κ3) is 16.7. The van der Waals surface area contributed by atoms with E-state index in [1.807, 2.05) is 6.07 Å². The first kappa shape index (κ1) is 33.0. The van der Waals surface area contributed by atoms with E-state index < -0.39 is 0 Å². The number of aryl methyl sites for hydroxylation is 1. The zero-order chi connectivity index (χ0) is 26.1. The Labute approximate surface area is 227 Å². The molecule has 0 fully saturated rings. The molecule has 1 aromatic carbocycles.